The Morgan fingerprint density at radius 1 is 1.07 bits per heavy atom. The number of phenols is 1. The van der Waals surface area contributed by atoms with Gasteiger partial charge in [0.1, 0.15) is 35.6 Å². The van der Waals surface area contributed by atoms with Crippen LogP contribution in [-0.4, -0.2) is 81.5 Å². The number of piperazine rings is 1. The van der Waals surface area contributed by atoms with Crippen molar-refractivity contribution in [1.82, 2.24) is 25.2 Å². The minimum absolute atomic E-state index is 0.0341. The topological polar surface area (TPSA) is 86.6 Å². The van der Waals surface area contributed by atoms with Crippen LogP contribution in [0.5, 0.6) is 11.8 Å². The average Bonchev–Trinajstić information content (AvgIpc) is 3.61. The van der Waals surface area contributed by atoms with Gasteiger partial charge < -0.3 is 20.1 Å². The molecule has 8 nitrogen and oxygen atoms in total. The molecule has 41 heavy (non-hydrogen) atoms. The van der Waals surface area contributed by atoms with Crippen molar-refractivity contribution in [1.29, 1.82) is 0 Å². The monoisotopic (exact) mass is 558 g/mol. The van der Waals surface area contributed by atoms with Gasteiger partial charge in [0.25, 0.3) is 0 Å². The van der Waals surface area contributed by atoms with Gasteiger partial charge in [-0.25, -0.2) is 8.78 Å². The molecule has 6 heterocycles. The Morgan fingerprint density at radius 3 is 2.76 bits per heavy atom. The number of rotatable bonds is 5. The summed E-state index contributed by atoms with van der Waals surface area (Å²) in [5.41, 5.74) is 0.360. The third-order valence-electron chi connectivity index (χ3n) is 9.49. The van der Waals surface area contributed by atoms with E-state index >= 15 is 4.39 Å². The Labute approximate surface area is 236 Å². The second kappa shape index (κ2) is 9.46. The number of hydrogen-bond acceptors (Lipinski definition) is 8. The summed E-state index contributed by atoms with van der Waals surface area (Å²) in [5.74, 6) is 0.0553. The van der Waals surface area contributed by atoms with Crippen LogP contribution in [0.3, 0.4) is 0 Å². The van der Waals surface area contributed by atoms with Crippen LogP contribution >= 0.6 is 0 Å². The summed E-state index contributed by atoms with van der Waals surface area (Å²) < 4.78 is 37.2. The maximum atomic E-state index is 16.5. The Kier molecular flexibility index (Phi) is 5.79. The molecule has 4 aliphatic rings. The molecule has 2 N–H and O–H groups in total. The summed E-state index contributed by atoms with van der Waals surface area (Å²) in [6.45, 7) is 3.06. The highest BCUT2D eigenvalue weighted by atomic mass is 19.1. The van der Waals surface area contributed by atoms with Gasteiger partial charge in [-0.3, -0.25) is 9.88 Å². The number of nitrogens with zero attached hydrogens (tertiary/aromatic N) is 5. The average molecular weight is 559 g/mol. The second-order valence-electron chi connectivity index (χ2n) is 12.1. The van der Waals surface area contributed by atoms with Crippen molar-refractivity contribution >= 4 is 27.5 Å². The number of benzene rings is 2. The van der Waals surface area contributed by atoms with Crippen LogP contribution < -0.4 is 15.0 Å². The fourth-order valence-corrected chi connectivity index (χ4v) is 7.62. The number of ether oxygens (including phenoxy) is 1. The lowest BCUT2D eigenvalue weighted by Crippen LogP contribution is -2.51. The lowest BCUT2D eigenvalue weighted by Gasteiger charge is -2.34. The number of anilines is 1. The zero-order valence-corrected chi connectivity index (χ0v) is 22.7. The number of alkyl halides is 1. The van der Waals surface area contributed by atoms with Crippen LogP contribution in [-0.2, 0) is 0 Å². The molecular weight excluding hydrogens is 526 g/mol. The van der Waals surface area contributed by atoms with E-state index in [1.807, 2.05) is 24.3 Å². The smallest absolute Gasteiger partial charge is 0.319 e. The van der Waals surface area contributed by atoms with Crippen LogP contribution in [0.2, 0.25) is 0 Å². The van der Waals surface area contributed by atoms with Gasteiger partial charge in [0.05, 0.1) is 10.9 Å². The van der Waals surface area contributed by atoms with Crippen molar-refractivity contribution in [2.75, 3.05) is 37.7 Å². The zero-order valence-electron chi connectivity index (χ0n) is 22.7. The molecule has 4 atom stereocenters. The van der Waals surface area contributed by atoms with Crippen molar-refractivity contribution in [2.24, 2.45) is 0 Å². The van der Waals surface area contributed by atoms with Crippen molar-refractivity contribution in [2.45, 2.75) is 55.9 Å². The molecule has 0 saturated carbocycles. The lowest BCUT2D eigenvalue weighted by molar-refractivity contribution is 0.107. The van der Waals surface area contributed by atoms with E-state index in [2.05, 4.69) is 25.1 Å². The van der Waals surface area contributed by atoms with Crippen molar-refractivity contribution < 1.29 is 18.6 Å². The molecule has 4 aliphatic heterocycles. The Morgan fingerprint density at radius 2 is 1.90 bits per heavy atom. The highest BCUT2D eigenvalue weighted by Crippen LogP contribution is 2.41. The molecule has 2 bridgehead atoms. The van der Waals surface area contributed by atoms with Crippen LogP contribution in [0.25, 0.3) is 32.9 Å². The molecule has 10 heteroatoms. The quantitative estimate of drug-likeness (QED) is 0.368. The Hall–Kier alpha value is -3.63. The van der Waals surface area contributed by atoms with E-state index in [1.54, 1.807) is 12.3 Å². The van der Waals surface area contributed by atoms with Gasteiger partial charge in [0.2, 0.25) is 0 Å². The number of nitrogens with one attached hydrogen (secondary N) is 1. The predicted octanol–water partition coefficient (Wildman–Crippen LogP) is 4.59. The molecule has 2 aromatic heterocycles. The minimum atomic E-state index is -0.869. The number of fused-ring (bicyclic) bond motifs is 5. The largest absolute Gasteiger partial charge is 0.508 e. The standard InChI is InChI=1S/C31H32F2N6O2/c32-19-12-31(8-3-9-39(31)14-19)17-41-30-36-28-25(29(37-30)38-15-20-6-7-21(16-38)35-20)13-34-27(26(28)33)24-11-22(40)10-18-4-1-2-5-23(18)24/h1-2,4-5,10-11,13,19-21,35,40H,3,6-9,12,14-17H2/t19-,20-,21+,31+/m1/s1. The summed E-state index contributed by atoms with van der Waals surface area (Å²) in [6, 6.07) is 11.5. The maximum Gasteiger partial charge on any atom is 0.319 e. The van der Waals surface area contributed by atoms with Crippen LogP contribution in [0.1, 0.15) is 32.1 Å². The van der Waals surface area contributed by atoms with E-state index < -0.39 is 12.0 Å². The predicted molar refractivity (Wildman–Crippen MR) is 153 cm³/mol. The zero-order chi connectivity index (χ0) is 27.7. The van der Waals surface area contributed by atoms with Gasteiger partial charge in [-0.1, -0.05) is 24.3 Å². The van der Waals surface area contributed by atoms with E-state index in [1.165, 1.54) is 6.07 Å². The van der Waals surface area contributed by atoms with E-state index in [4.69, 9.17) is 9.72 Å². The summed E-state index contributed by atoms with van der Waals surface area (Å²) in [5, 5.41) is 16.1. The normalized spacial score (nSPS) is 27.7. The first-order chi connectivity index (χ1) is 20.0. The number of hydrogen-bond donors (Lipinski definition) is 2. The highest BCUT2D eigenvalue weighted by Gasteiger charge is 2.49. The third-order valence-corrected chi connectivity index (χ3v) is 9.49. The van der Waals surface area contributed by atoms with Gasteiger partial charge in [-0.05, 0) is 55.1 Å². The fourth-order valence-electron chi connectivity index (χ4n) is 7.62. The van der Waals surface area contributed by atoms with Crippen molar-refractivity contribution in [3.8, 4) is 23.0 Å². The van der Waals surface area contributed by atoms with E-state index in [-0.39, 0.29) is 35.1 Å². The first-order valence-corrected chi connectivity index (χ1v) is 14.6. The van der Waals surface area contributed by atoms with Gasteiger partial charge in [0.15, 0.2) is 5.82 Å². The van der Waals surface area contributed by atoms with Crippen LogP contribution in [0.15, 0.2) is 42.6 Å². The second-order valence-corrected chi connectivity index (χ2v) is 12.1. The Bertz CT molecular complexity index is 1660. The Balaban J connectivity index is 1.24. The summed E-state index contributed by atoms with van der Waals surface area (Å²) >= 11 is 0. The lowest BCUT2D eigenvalue weighted by atomic mass is 9.95. The molecule has 4 fully saturated rings. The molecule has 0 aliphatic carbocycles. The molecule has 8 rings (SSSR count). The molecule has 2 aromatic carbocycles. The number of pyridine rings is 1. The molecular formula is C31H32F2N6O2. The van der Waals surface area contributed by atoms with E-state index in [0.29, 0.717) is 41.8 Å². The van der Waals surface area contributed by atoms with E-state index in [0.717, 1.165) is 56.1 Å². The molecule has 0 amide bonds. The van der Waals surface area contributed by atoms with Gasteiger partial charge in [-0.15, -0.1) is 0 Å². The van der Waals surface area contributed by atoms with Crippen molar-refractivity contribution in [3.05, 3.63) is 48.4 Å². The molecule has 4 saturated heterocycles. The number of aromatic nitrogens is 3. The summed E-state index contributed by atoms with van der Waals surface area (Å²) in [6.07, 6.45) is 5.26. The molecule has 0 spiro atoms. The maximum absolute atomic E-state index is 16.5. The highest BCUT2D eigenvalue weighted by molar-refractivity contribution is 5.99. The molecule has 0 unspecified atom stereocenters. The van der Waals surface area contributed by atoms with Gasteiger partial charge in [-0.2, -0.15) is 9.97 Å². The van der Waals surface area contributed by atoms with E-state index in [9.17, 15) is 9.50 Å². The molecule has 212 valence electrons. The first kappa shape index (κ1) is 25.1. The van der Waals surface area contributed by atoms with Crippen LogP contribution in [0.4, 0.5) is 14.6 Å². The molecule has 4 aromatic rings. The number of phenolic OH excluding ortho intramolecular Hbond substituents is 1. The number of aromatic hydroxyl groups is 1. The van der Waals surface area contributed by atoms with Crippen LogP contribution in [0, 0.1) is 5.82 Å². The SMILES string of the molecule is Oc1cc(-c2ncc3c(N4C[C@H]5CC[C@@H](C4)N5)nc(OC[C@@]45CCCN4C[C@H](F)C5)nc3c2F)c2ccccc2c1. The first-order valence-electron chi connectivity index (χ1n) is 14.6. The third kappa shape index (κ3) is 4.18. The number of halogens is 2. The molecule has 0 radical (unpaired) electrons. The summed E-state index contributed by atoms with van der Waals surface area (Å²) in [7, 11) is 0. The summed E-state index contributed by atoms with van der Waals surface area (Å²) in [4.78, 5) is 18.4. The van der Waals surface area contributed by atoms with Crippen molar-refractivity contribution in [3.63, 3.8) is 0 Å². The minimum Gasteiger partial charge on any atom is -0.508 e. The fraction of sp³-hybridized carbons (Fsp3) is 0.452. The van der Waals surface area contributed by atoms with Gasteiger partial charge in [0, 0.05) is 49.9 Å². The van der Waals surface area contributed by atoms with Gasteiger partial charge >= 0.3 is 6.01 Å².